The van der Waals surface area contributed by atoms with Crippen LogP contribution in [0.4, 0.5) is 18.9 Å². The second-order valence-electron chi connectivity index (χ2n) is 5.38. The van der Waals surface area contributed by atoms with Gasteiger partial charge in [0.15, 0.2) is 0 Å². The van der Waals surface area contributed by atoms with Gasteiger partial charge in [0, 0.05) is 5.69 Å². The maximum absolute atomic E-state index is 12.3. The summed E-state index contributed by atoms with van der Waals surface area (Å²) in [6.45, 7) is -1.07. The number of para-hydroxylation sites is 1. The highest BCUT2D eigenvalue weighted by atomic mass is 19.4. The van der Waals surface area contributed by atoms with Crippen molar-refractivity contribution in [1.82, 2.24) is 10.2 Å². The van der Waals surface area contributed by atoms with Crippen molar-refractivity contribution in [3.63, 3.8) is 0 Å². The van der Waals surface area contributed by atoms with Crippen molar-refractivity contribution in [2.45, 2.75) is 25.1 Å². The molecule has 1 aliphatic rings. The summed E-state index contributed by atoms with van der Waals surface area (Å²) >= 11 is 0. The monoisotopic (exact) mass is 329 g/mol. The van der Waals surface area contributed by atoms with Crippen molar-refractivity contribution in [3.05, 3.63) is 30.3 Å². The summed E-state index contributed by atoms with van der Waals surface area (Å²) < 4.78 is 36.3. The maximum Gasteiger partial charge on any atom is 0.405 e. The second-order valence-corrected chi connectivity index (χ2v) is 5.38. The third kappa shape index (κ3) is 5.55. The number of benzene rings is 1. The zero-order valence-electron chi connectivity index (χ0n) is 12.4. The van der Waals surface area contributed by atoms with Gasteiger partial charge < -0.3 is 10.6 Å². The number of amides is 2. The molecule has 0 aliphatic carbocycles. The number of alkyl halides is 3. The number of nitrogens with zero attached hydrogens (tertiary/aromatic N) is 1. The molecule has 0 spiro atoms. The topological polar surface area (TPSA) is 61.4 Å². The van der Waals surface area contributed by atoms with Gasteiger partial charge in [-0.25, -0.2) is 0 Å². The lowest BCUT2D eigenvalue weighted by molar-refractivity contribution is -0.139. The Bertz CT molecular complexity index is 549. The molecule has 5 nitrogen and oxygen atoms in total. The van der Waals surface area contributed by atoms with Gasteiger partial charge in [-0.05, 0) is 31.5 Å². The van der Waals surface area contributed by atoms with Crippen LogP contribution in [0.2, 0.25) is 0 Å². The van der Waals surface area contributed by atoms with Crippen molar-refractivity contribution in [2.75, 3.05) is 25.0 Å². The summed E-state index contributed by atoms with van der Waals surface area (Å²) in [7, 11) is 0. The molecule has 23 heavy (non-hydrogen) atoms. The van der Waals surface area contributed by atoms with Gasteiger partial charge in [-0.2, -0.15) is 13.2 Å². The Hall–Kier alpha value is -2.09. The van der Waals surface area contributed by atoms with Gasteiger partial charge in [0.1, 0.15) is 6.54 Å². The third-order valence-electron chi connectivity index (χ3n) is 3.54. The smallest absolute Gasteiger partial charge is 0.346 e. The zero-order valence-corrected chi connectivity index (χ0v) is 12.4. The fourth-order valence-electron chi connectivity index (χ4n) is 2.50. The van der Waals surface area contributed by atoms with E-state index in [0.29, 0.717) is 18.7 Å². The molecule has 1 aromatic carbocycles. The highest BCUT2D eigenvalue weighted by Crippen LogP contribution is 2.19. The van der Waals surface area contributed by atoms with Gasteiger partial charge in [0.05, 0.1) is 12.6 Å². The molecule has 8 heteroatoms. The lowest BCUT2D eigenvalue weighted by Gasteiger charge is -2.23. The number of hydrogen-bond donors (Lipinski definition) is 2. The first-order valence-corrected chi connectivity index (χ1v) is 7.28. The first kappa shape index (κ1) is 17.3. The summed E-state index contributed by atoms with van der Waals surface area (Å²) in [6, 6.07) is 8.37. The molecule has 0 saturated carbocycles. The SMILES string of the molecule is O=C(CN1CCC[C@@H]1C(=O)Nc1ccccc1)NCC(F)(F)F. The predicted octanol–water partition coefficient (Wildman–Crippen LogP) is 1.77. The van der Waals surface area contributed by atoms with Gasteiger partial charge in [-0.15, -0.1) is 0 Å². The van der Waals surface area contributed by atoms with Gasteiger partial charge in [0.25, 0.3) is 0 Å². The number of nitrogens with one attached hydrogen (secondary N) is 2. The van der Waals surface area contributed by atoms with E-state index < -0.39 is 24.7 Å². The van der Waals surface area contributed by atoms with Crippen molar-refractivity contribution in [3.8, 4) is 0 Å². The summed E-state index contributed by atoms with van der Waals surface area (Å²) in [5.41, 5.74) is 0.644. The highest BCUT2D eigenvalue weighted by Gasteiger charge is 2.33. The lowest BCUT2D eigenvalue weighted by Crippen LogP contribution is -2.46. The Kier molecular flexibility index (Phi) is 5.59. The molecule has 126 valence electrons. The predicted molar refractivity (Wildman–Crippen MR) is 78.7 cm³/mol. The number of halogens is 3. The Morgan fingerprint density at radius 3 is 2.57 bits per heavy atom. The molecule has 0 unspecified atom stereocenters. The van der Waals surface area contributed by atoms with E-state index in [2.05, 4.69) is 5.32 Å². The van der Waals surface area contributed by atoms with Gasteiger partial charge >= 0.3 is 6.18 Å². The van der Waals surface area contributed by atoms with Crippen LogP contribution in [0.3, 0.4) is 0 Å². The van der Waals surface area contributed by atoms with Crippen molar-refractivity contribution in [1.29, 1.82) is 0 Å². The molecule has 1 saturated heterocycles. The minimum absolute atomic E-state index is 0.219. The highest BCUT2D eigenvalue weighted by molar-refractivity contribution is 5.95. The number of carbonyl (C=O) groups excluding carboxylic acids is 2. The number of anilines is 1. The normalized spacial score (nSPS) is 18.7. The summed E-state index contributed by atoms with van der Waals surface area (Å²) in [5, 5.41) is 4.57. The first-order valence-electron chi connectivity index (χ1n) is 7.28. The largest absolute Gasteiger partial charge is 0.405 e. The fourth-order valence-corrected chi connectivity index (χ4v) is 2.50. The molecule has 0 radical (unpaired) electrons. The molecular weight excluding hydrogens is 311 g/mol. The molecule has 1 fully saturated rings. The molecule has 2 rings (SSSR count). The van der Waals surface area contributed by atoms with E-state index in [1.807, 2.05) is 11.4 Å². The average Bonchev–Trinajstić information content (AvgIpc) is 2.94. The van der Waals surface area contributed by atoms with Crippen LogP contribution in [0.25, 0.3) is 0 Å². The molecule has 1 heterocycles. The van der Waals surface area contributed by atoms with E-state index in [0.717, 1.165) is 6.42 Å². The van der Waals surface area contributed by atoms with E-state index in [4.69, 9.17) is 0 Å². The fraction of sp³-hybridized carbons (Fsp3) is 0.467. The van der Waals surface area contributed by atoms with Crippen LogP contribution < -0.4 is 10.6 Å². The second kappa shape index (κ2) is 7.45. The lowest BCUT2D eigenvalue weighted by atomic mass is 10.2. The van der Waals surface area contributed by atoms with E-state index >= 15 is 0 Å². The first-order chi connectivity index (χ1) is 10.8. The number of rotatable bonds is 5. The van der Waals surface area contributed by atoms with E-state index in [1.54, 1.807) is 29.2 Å². The zero-order chi connectivity index (χ0) is 16.9. The summed E-state index contributed by atoms with van der Waals surface area (Å²) in [6.07, 6.45) is -3.14. The minimum Gasteiger partial charge on any atom is -0.346 e. The van der Waals surface area contributed by atoms with Crippen molar-refractivity contribution >= 4 is 17.5 Å². The minimum atomic E-state index is -4.44. The Morgan fingerprint density at radius 1 is 1.22 bits per heavy atom. The van der Waals surface area contributed by atoms with Crippen molar-refractivity contribution in [2.24, 2.45) is 0 Å². The summed E-state index contributed by atoms with van der Waals surface area (Å²) in [5.74, 6) is -0.987. The standard InChI is InChI=1S/C15H18F3N3O2/c16-15(17,18)10-19-13(22)9-21-8-4-7-12(21)14(23)20-11-5-2-1-3-6-11/h1-3,5-6,12H,4,7-10H2,(H,19,22)(H,20,23)/t12-/m1/s1. The van der Waals surface area contributed by atoms with Crippen LogP contribution in [0.15, 0.2) is 30.3 Å². The molecule has 2 N–H and O–H groups in total. The third-order valence-corrected chi connectivity index (χ3v) is 3.54. The van der Waals surface area contributed by atoms with Gasteiger partial charge in [-0.1, -0.05) is 18.2 Å². The van der Waals surface area contributed by atoms with Crippen LogP contribution in [0, 0.1) is 0 Å². The number of likely N-dealkylation sites (tertiary alicyclic amines) is 1. The Balaban J connectivity index is 1.87. The van der Waals surface area contributed by atoms with Crippen LogP contribution >= 0.6 is 0 Å². The van der Waals surface area contributed by atoms with E-state index in [-0.39, 0.29) is 12.5 Å². The van der Waals surface area contributed by atoms with E-state index in [1.165, 1.54) is 0 Å². The van der Waals surface area contributed by atoms with Crippen LogP contribution in [0.1, 0.15) is 12.8 Å². The van der Waals surface area contributed by atoms with E-state index in [9.17, 15) is 22.8 Å². The molecule has 0 bridgehead atoms. The molecule has 1 aliphatic heterocycles. The molecule has 1 atom stereocenters. The van der Waals surface area contributed by atoms with Crippen LogP contribution in [-0.2, 0) is 9.59 Å². The van der Waals surface area contributed by atoms with Crippen LogP contribution in [-0.4, -0.2) is 48.6 Å². The Morgan fingerprint density at radius 2 is 1.91 bits per heavy atom. The summed E-state index contributed by atoms with van der Waals surface area (Å²) in [4.78, 5) is 25.4. The average molecular weight is 329 g/mol. The quantitative estimate of drug-likeness (QED) is 0.865. The molecule has 2 amide bonds. The van der Waals surface area contributed by atoms with Crippen molar-refractivity contribution < 1.29 is 22.8 Å². The van der Waals surface area contributed by atoms with Gasteiger partial charge in [0.2, 0.25) is 11.8 Å². The number of carbonyl (C=O) groups is 2. The molecular formula is C15H18F3N3O2. The Labute approximate surface area is 131 Å². The molecule has 1 aromatic rings. The van der Waals surface area contributed by atoms with Gasteiger partial charge in [-0.3, -0.25) is 14.5 Å². The maximum atomic E-state index is 12.3. The number of hydrogen-bond acceptors (Lipinski definition) is 3. The van der Waals surface area contributed by atoms with Crippen LogP contribution in [0.5, 0.6) is 0 Å². The molecule has 0 aromatic heterocycles.